The van der Waals surface area contributed by atoms with Crippen LogP contribution in [0.5, 0.6) is 0 Å². The Morgan fingerprint density at radius 2 is 1.43 bits per heavy atom. The molecule has 2 N–H and O–H groups in total. The smallest absolute Gasteiger partial charge is 0.303 e. The number of rotatable bonds is 14. The van der Waals surface area contributed by atoms with Gasteiger partial charge in [-0.1, -0.05) is 62.0 Å². The predicted octanol–water partition coefficient (Wildman–Crippen LogP) is 5.19. The molecule has 0 bridgehead atoms. The molecule has 0 aliphatic rings. The van der Waals surface area contributed by atoms with E-state index in [-0.39, 0.29) is 12.5 Å². The molecule has 0 fully saturated rings. The Morgan fingerprint density at radius 1 is 0.913 bits per heavy atom. The first kappa shape index (κ1) is 21.4. The summed E-state index contributed by atoms with van der Waals surface area (Å²) < 4.78 is 0. The van der Waals surface area contributed by atoms with Crippen LogP contribution in [0.4, 0.5) is 0 Å². The molecule has 0 aliphatic carbocycles. The third-order valence-corrected chi connectivity index (χ3v) is 3.27. The Kier molecular flexibility index (Phi) is 15.6. The molecule has 0 spiro atoms. The number of aliphatic hydroxyl groups excluding tert-OH is 1. The number of hydrogen-bond donors (Lipinski definition) is 2. The van der Waals surface area contributed by atoms with Crippen molar-refractivity contribution in [3.63, 3.8) is 0 Å². The molecular weight excluding hydrogens is 288 g/mol. The molecule has 0 aromatic rings. The lowest BCUT2D eigenvalue weighted by atomic mass is 10.1. The molecule has 0 saturated heterocycles. The first-order valence-corrected chi connectivity index (χ1v) is 8.66. The molecule has 23 heavy (non-hydrogen) atoms. The molecule has 0 amide bonds. The van der Waals surface area contributed by atoms with Gasteiger partial charge >= 0.3 is 5.97 Å². The fourth-order valence-corrected chi connectivity index (χ4v) is 2.01. The van der Waals surface area contributed by atoms with Gasteiger partial charge in [0.25, 0.3) is 0 Å². The van der Waals surface area contributed by atoms with Gasteiger partial charge in [0.2, 0.25) is 0 Å². The van der Waals surface area contributed by atoms with E-state index in [9.17, 15) is 9.90 Å². The van der Waals surface area contributed by atoms with Crippen molar-refractivity contribution in [2.75, 3.05) is 0 Å². The second kappa shape index (κ2) is 16.8. The molecule has 1 unspecified atom stereocenters. The quantitative estimate of drug-likeness (QED) is 0.342. The average Bonchev–Trinajstić information content (AvgIpc) is 2.51. The van der Waals surface area contributed by atoms with E-state index >= 15 is 0 Å². The molecule has 130 valence electrons. The summed E-state index contributed by atoms with van der Waals surface area (Å²) in [7, 11) is 0. The minimum atomic E-state index is -0.725. The van der Waals surface area contributed by atoms with Crippen LogP contribution in [-0.4, -0.2) is 22.3 Å². The standard InChI is InChI=1S/C20H32O3/c1-2-16-19(21)17-14-12-10-8-6-4-3-5-7-9-11-13-15-18-20(22)23/h3,5-6,8-9,11-12,14,19,21H,2,4,7,10,13,15-18H2,1H3,(H,22,23)/b5-3-,8-6-,11-9-,14-12-. The fraction of sp³-hybridized carbons (Fsp3) is 0.550. The highest BCUT2D eigenvalue weighted by Gasteiger charge is 1.97. The van der Waals surface area contributed by atoms with Crippen molar-refractivity contribution >= 4 is 5.97 Å². The summed E-state index contributed by atoms with van der Waals surface area (Å²) in [6.45, 7) is 2.08. The fourth-order valence-electron chi connectivity index (χ4n) is 2.01. The molecule has 3 nitrogen and oxygen atoms in total. The number of aliphatic carboxylic acids is 1. The number of carbonyl (C=O) groups is 1. The van der Waals surface area contributed by atoms with Crippen LogP contribution in [0.15, 0.2) is 48.6 Å². The highest BCUT2D eigenvalue weighted by atomic mass is 16.4. The second-order valence-corrected chi connectivity index (χ2v) is 5.56. The maximum Gasteiger partial charge on any atom is 0.303 e. The summed E-state index contributed by atoms with van der Waals surface area (Å²) in [4.78, 5) is 10.3. The topological polar surface area (TPSA) is 57.5 Å². The summed E-state index contributed by atoms with van der Waals surface area (Å²) in [5.41, 5.74) is 0. The molecule has 0 aliphatic heterocycles. The lowest BCUT2D eigenvalue weighted by molar-refractivity contribution is -0.137. The van der Waals surface area contributed by atoms with Crippen molar-refractivity contribution in [1.29, 1.82) is 0 Å². The number of allylic oxidation sites excluding steroid dienone is 7. The van der Waals surface area contributed by atoms with Gasteiger partial charge in [-0.15, -0.1) is 0 Å². The Hall–Kier alpha value is -1.61. The molecule has 0 aromatic carbocycles. The number of hydrogen-bond acceptors (Lipinski definition) is 2. The lowest BCUT2D eigenvalue weighted by Crippen LogP contribution is -2.02. The maximum absolute atomic E-state index is 10.3. The third kappa shape index (κ3) is 18.3. The maximum atomic E-state index is 10.3. The Balaban J connectivity index is 3.50. The monoisotopic (exact) mass is 320 g/mol. The normalized spacial score (nSPS) is 13.8. The van der Waals surface area contributed by atoms with E-state index in [1.165, 1.54) is 0 Å². The Morgan fingerprint density at radius 3 is 1.96 bits per heavy atom. The number of carboxylic acid groups (broad SMARTS) is 1. The van der Waals surface area contributed by atoms with Gasteiger partial charge < -0.3 is 10.2 Å². The van der Waals surface area contributed by atoms with E-state index in [0.29, 0.717) is 6.42 Å². The molecule has 0 saturated carbocycles. The van der Waals surface area contributed by atoms with Crippen molar-refractivity contribution in [3.8, 4) is 0 Å². The van der Waals surface area contributed by atoms with Gasteiger partial charge in [-0.3, -0.25) is 4.79 Å². The number of unbranched alkanes of at least 4 members (excludes halogenated alkanes) is 1. The van der Waals surface area contributed by atoms with E-state index in [1.54, 1.807) is 0 Å². The van der Waals surface area contributed by atoms with Gasteiger partial charge in [0.1, 0.15) is 0 Å². The van der Waals surface area contributed by atoms with E-state index < -0.39 is 5.97 Å². The lowest BCUT2D eigenvalue weighted by Gasteiger charge is -2.03. The van der Waals surface area contributed by atoms with Crippen molar-refractivity contribution in [2.24, 2.45) is 0 Å². The molecule has 3 heteroatoms. The molecule has 1 atom stereocenters. The first-order valence-electron chi connectivity index (χ1n) is 8.66. The van der Waals surface area contributed by atoms with E-state index in [1.807, 2.05) is 6.08 Å². The highest BCUT2D eigenvalue weighted by Crippen LogP contribution is 2.02. The van der Waals surface area contributed by atoms with Gasteiger partial charge in [0.15, 0.2) is 0 Å². The van der Waals surface area contributed by atoms with Crippen molar-refractivity contribution < 1.29 is 15.0 Å². The Bertz CT molecular complexity index is 392. The molecule has 0 heterocycles. The zero-order valence-electron chi connectivity index (χ0n) is 14.4. The summed E-state index contributed by atoms with van der Waals surface area (Å²) in [6.07, 6.45) is 23.8. The minimum Gasteiger partial charge on any atom is -0.481 e. The number of carboxylic acids is 1. The summed E-state index contributed by atoms with van der Waals surface area (Å²) in [5, 5.41) is 18.0. The summed E-state index contributed by atoms with van der Waals surface area (Å²) >= 11 is 0. The molecular formula is C20H32O3. The van der Waals surface area contributed by atoms with Crippen molar-refractivity contribution in [3.05, 3.63) is 48.6 Å². The van der Waals surface area contributed by atoms with Gasteiger partial charge in [0.05, 0.1) is 6.10 Å². The second-order valence-electron chi connectivity index (χ2n) is 5.56. The SMILES string of the molecule is CCCC(O)C/C=C\C/C=C\C/C=C\C/C=C\CCCC(=O)O. The third-order valence-electron chi connectivity index (χ3n) is 3.27. The molecule has 0 radical (unpaired) electrons. The van der Waals surface area contributed by atoms with Crippen LogP contribution >= 0.6 is 0 Å². The van der Waals surface area contributed by atoms with E-state index in [2.05, 4.69) is 49.5 Å². The highest BCUT2D eigenvalue weighted by molar-refractivity contribution is 5.66. The summed E-state index contributed by atoms with van der Waals surface area (Å²) in [5.74, 6) is -0.725. The zero-order chi connectivity index (χ0) is 17.2. The zero-order valence-corrected chi connectivity index (χ0v) is 14.4. The van der Waals surface area contributed by atoms with E-state index in [4.69, 9.17) is 5.11 Å². The summed E-state index contributed by atoms with van der Waals surface area (Å²) in [6, 6.07) is 0. The van der Waals surface area contributed by atoms with Gasteiger partial charge in [-0.25, -0.2) is 0 Å². The minimum absolute atomic E-state index is 0.194. The van der Waals surface area contributed by atoms with Crippen LogP contribution in [0.25, 0.3) is 0 Å². The van der Waals surface area contributed by atoms with Crippen LogP contribution in [-0.2, 0) is 4.79 Å². The van der Waals surface area contributed by atoms with Gasteiger partial charge in [0, 0.05) is 6.42 Å². The predicted molar refractivity (Wildman–Crippen MR) is 97.4 cm³/mol. The van der Waals surface area contributed by atoms with Crippen LogP contribution < -0.4 is 0 Å². The first-order chi connectivity index (χ1) is 11.2. The van der Waals surface area contributed by atoms with Crippen molar-refractivity contribution in [1.82, 2.24) is 0 Å². The Labute approximate surface area is 141 Å². The van der Waals surface area contributed by atoms with Crippen LogP contribution in [0.2, 0.25) is 0 Å². The molecule has 0 rings (SSSR count). The molecule has 0 aromatic heterocycles. The largest absolute Gasteiger partial charge is 0.481 e. The van der Waals surface area contributed by atoms with Crippen LogP contribution in [0, 0.1) is 0 Å². The average molecular weight is 320 g/mol. The van der Waals surface area contributed by atoms with Gasteiger partial charge in [-0.05, 0) is 44.9 Å². The van der Waals surface area contributed by atoms with Crippen LogP contribution in [0.3, 0.4) is 0 Å². The van der Waals surface area contributed by atoms with Crippen molar-refractivity contribution in [2.45, 2.75) is 70.8 Å². The van der Waals surface area contributed by atoms with E-state index in [0.717, 1.165) is 44.9 Å². The van der Waals surface area contributed by atoms with Crippen LogP contribution in [0.1, 0.15) is 64.7 Å². The number of aliphatic hydroxyl groups is 1. The van der Waals surface area contributed by atoms with Gasteiger partial charge in [-0.2, -0.15) is 0 Å².